The third-order valence-corrected chi connectivity index (χ3v) is 17.8. The minimum atomic E-state index is -3.81. The minimum Gasteiger partial charge on any atom is -0.268 e. The molecule has 0 spiro atoms. The molecule has 0 N–H and O–H groups in total. The number of thiophene rings is 3. The molecule has 0 fully saturated rings. The van der Waals surface area contributed by atoms with Crippen molar-refractivity contribution in [3.05, 3.63) is 38.6 Å². The Hall–Kier alpha value is -1.48. The lowest BCUT2D eigenvalue weighted by atomic mass is 9.65. The molecule has 2 unspecified atom stereocenters. The van der Waals surface area contributed by atoms with E-state index in [2.05, 4.69) is 60.6 Å². The molecule has 1 aliphatic heterocycles. The second kappa shape index (κ2) is 15.0. The van der Waals surface area contributed by atoms with Crippen LogP contribution < -0.4 is 0 Å². The quantitative estimate of drug-likeness (QED) is 0.131. The number of sulfonamides is 1. The molecule has 0 radical (unpaired) electrons. The van der Waals surface area contributed by atoms with Gasteiger partial charge in [-0.1, -0.05) is 120 Å². The predicted octanol–water partition coefficient (Wildman–Crippen LogP) is 12.8. The van der Waals surface area contributed by atoms with E-state index in [-0.39, 0.29) is 21.6 Å². The highest BCUT2D eigenvalue weighted by atomic mass is 32.2. The van der Waals surface area contributed by atoms with Crippen molar-refractivity contribution in [3.8, 4) is 19.5 Å². The van der Waals surface area contributed by atoms with Gasteiger partial charge >= 0.3 is 0 Å². The van der Waals surface area contributed by atoms with Crippen molar-refractivity contribution < 1.29 is 13.2 Å². The first kappa shape index (κ1) is 37.8. The second-order valence-electron chi connectivity index (χ2n) is 15.2. The number of fused-ring (bicyclic) bond motifs is 4. The Morgan fingerprint density at radius 3 is 1.90 bits per heavy atom. The topological polar surface area (TPSA) is 54.5 Å². The Balaban J connectivity index is 1.76. The average Bonchev–Trinajstić information content (AvgIpc) is 3.86. The van der Waals surface area contributed by atoms with Crippen LogP contribution in [0.2, 0.25) is 0 Å². The number of unbranched alkanes of at least 4 members (excludes halogenated alkanes) is 3. The normalized spacial score (nSPS) is 19.5. The van der Waals surface area contributed by atoms with Crippen molar-refractivity contribution in [2.24, 2.45) is 11.8 Å². The van der Waals surface area contributed by atoms with Crippen molar-refractivity contribution >= 4 is 49.9 Å². The van der Waals surface area contributed by atoms with E-state index < -0.39 is 10.0 Å². The van der Waals surface area contributed by atoms with Crippen LogP contribution in [0, 0.1) is 11.8 Å². The average molecular weight is 730 g/mol. The lowest BCUT2D eigenvalue weighted by Crippen LogP contribution is -2.31. The number of carbonyl (C=O) groups excluding carboxylic acids is 1. The highest BCUT2D eigenvalue weighted by molar-refractivity contribution is 7.90. The number of carbonyl (C=O) groups is 1. The maximum absolute atomic E-state index is 13.6. The van der Waals surface area contributed by atoms with Gasteiger partial charge in [0.25, 0.3) is 15.9 Å². The third kappa shape index (κ3) is 6.54. The van der Waals surface area contributed by atoms with Gasteiger partial charge in [-0.3, -0.25) is 4.79 Å². The second-order valence-corrected chi connectivity index (χ2v) is 20.3. The van der Waals surface area contributed by atoms with E-state index in [1.165, 1.54) is 109 Å². The monoisotopic (exact) mass is 729 g/mol. The van der Waals surface area contributed by atoms with Crippen molar-refractivity contribution in [1.29, 1.82) is 0 Å². The number of aryl methyl sites for hydroxylation is 1. The van der Waals surface area contributed by atoms with E-state index >= 15 is 0 Å². The van der Waals surface area contributed by atoms with Gasteiger partial charge in [0.1, 0.15) is 4.90 Å². The first-order valence-corrected chi connectivity index (χ1v) is 22.7. The predicted molar refractivity (Wildman–Crippen MR) is 209 cm³/mol. The lowest BCUT2D eigenvalue weighted by molar-refractivity contribution is 0.0892. The number of rotatable bonds is 18. The fourth-order valence-corrected chi connectivity index (χ4v) is 14.3. The zero-order valence-electron chi connectivity index (χ0n) is 31.0. The van der Waals surface area contributed by atoms with E-state index in [0.29, 0.717) is 23.8 Å². The zero-order chi connectivity index (χ0) is 35.0. The smallest absolute Gasteiger partial charge is 0.268 e. The van der Waals surface area contributed by atoms with Crippen LogP contribution in [0.5, 0.6) is 0 Å². The van der Waals surface area contributed by atoms with Gasteiger partial charge in [-0.05, 0) is 66.2 Å². The summed E-state index contributed by atoms with van der Waals surface area (Å²) in [7, 11) is -2.40. The number of hydrogen-bond donors (Lipinski definition) is 0. The molecule has 0 saturated heterocycles. The summed E-state index contributed by atoms with van der Waals surface area (Å²) in [6.07, 6.45) is 16.4. The Bertz CT molecular complexity index is 1690. The first-order chi connectivity index (χ1) is 22.8. The summed E-state index contributed by atoms with van der Waals surface area (Å²) in [5.41, 5.74) is 3.47. The molecular formula is C40H59NO3S4. The maximum Gasteiger partial charge on any atom is 0.270 e. The molecule has 2 aliphatic rings. The summed E-state index contributed by atoms with van der Waals surface area (Å²) in [4.78, 5) is 20.9. The number of hydrogen-bond acceptors (Lipinski definition) is 6. The van der Waals surface area contributed by atoms with Crippen molar-refractivity contribution in [2.75, 3.05) is 7.05 Å². The first-order valence-electron chi connectivity index (χ1n) is 18.8. The van der Waals surface area contributed by atoms with E-state index in [0.717, 1.165) is 31.8 Å². The minimum absolute atomic E-state index is 0.0707. The molecule has 266 valence electrons. The summed E-state index contributed by atoms with van der Waals surface area (Å²) in [6, 6.07) is 5.04. The van der Waals surface area contributed by atoms with Crippen molar-refractivity contribution in [2.45, 2.75) is 161 Å². The molecule has 0 saturated carbocycles. The molecular weight excluding hydrogens is 671 g/mol. The van der Waals surface area contributed by atoms with Crippen LogP contribution >= 0.6 is 34.0 Å². The molecule has 1 aliphatic carbocycles. The summed E-state index contributed by atoms with van der Waals surface area (Å²) in [6.45, 7) is 18.5. The van der Waals surface area contributed by atoms with Gasteiger partial charge in [0, 0.05) is 36.8 Å². The van der Waals surface area contributed by atoms with Crippen LogP contribution in [-0.4, -0.2) is 25.7 Å². The Morgan fingerprint density at radius 1 is 0.792 bits per heavy atom. The molecule has 2 atom stereocenters. The fourth-order valence-electron chi connectivity index (χ4n) is 8.30. The molecule has 1 amide bonds. The molecule has 48 heavy (non-hydrogen) atoms. The van der Waals surface area contributed by atoms with E-state index in [4.69, 9.17) is 0 Å². The van der Waals surface area contributed by atoms with Crippen LogP contribution in [0.15, 0.2) is 17.0 Å². The summed E-state index contributed by atoms with van der Waals surface area (Å²) < 4.78 is 27.7. The molecule has 3 aromatic rings. The van der Waals surface area contributed by atoms with Crippen LogP contribution in [0.1, 0.15) is 170 Å². The molecule has 5 rings (SSSR count). The fraction of sp³-hybridized carbons (Fsp3) is 0.675. The van der Waals surface area contributed by atoms with E-state index in [9.17, 15) is 13.2 Å². The number of amides is 1. The molecule has 0 bridgehead atoms. The molecule has 8 heteroatoms. The third-order valence-electron chi connectivity index (χ3n) is 11.5. The summed E-state index contributed by atoms with van der Waals surface area (Å²) >= 11 is 5.36. The van der Waals surface area contributed by atoms with Crippen LogP contribution in [0.25, 0.3) is 19.5 Å². The Labute approximate surface area is 303 Å². The van der Waals surface area contributed by atoms with E-state index in [1.807, 2.05) is 29.6 Å². The van der Waals surface area contributed by atoms with Crippen LogP contribution in [0.4, 0.5) is 0 Å². The molecule has 4 nitrogen and oxygen atoms in total. The van der Waals surface area contributed by atoms with Crippen molar-refractivity contribution in [1.82, 2.24) is 4.31 Å². The highest BCUT2D eigenvalue weighted by Crippen LogP contribution is 2.63. The largest absolute Gasteiger partial charge is 0.270 e. The van der Waals surface area contributed by atoms with Gasteiger partial charge in [-0.15, -0.1) is 34.0 Å². The summed E-state index contributed by atoms with van der Waals surface area (Å²) in [5.74, 6) is 0.902. The van der Waals surface area contributed by atoms with Gasteiger partial charge in [0.05, 0.1) is 10.4 Å². The zero-order valence-corrected chi connectivity index (χ0v) is 34.3. The standard InChI is InChI=1S/C40H59NO3S4/c1-10-16-19-26(13-4)24-40(25-27(14-5)20-17-11-2)28-22-31(36-33-37(30(15-6)45-36)48(43,44)41(9)38(33)42)46-34(28)35-29(40)23-32(47-35)39(7,8)21-18-12-3/h22-23,26-27H,10-21,24-25H2,1-9H3. The van der Waals surface area contributed by atoms with Crippen molar-refractivity contribution in [3.63, 3.8) is 0 Å². The molecule has 3 aromatic heterocycles. The summed E-state index contributed by atoms with van der Waals surface area (Å²) in [5, 5.41) is 0. The van der Waals surface area contributed by atoms with Gasteiger partial charge < -0.3 is 0 Å². The van der Waals surface area contributed by atoms with Gasteiger partial charge in [-0.2, -0.15) is 0 Å². The Morgan fingerprint density at radius 2 is 1.35 bits per heavy atom. The van der Waals surface area contributed by atoms with Gasteiger partial charge in [0.15, 0.2) is 0 Å². The maximum atomic E-state index is 13.6. The molecule has 4 heterocycles. The number of nitrogens with zero attached hydrogens (tertiary/aromatic N) is 1. The Kier molecular flexibility index (Phi) is 11.8. The van der Waals surface area contributed by atoms with Crippen LogP contribution in [0.3, 0.4) is 0 Å². The van der Waals surface area contributed by atoms with Gasteiger partial charge in [0.2, 0.25) is 0 Å². The lowest BCUT2D eigenvalue weighted by Gasteiger charge is -2.38. The van der Waals surface area contributed by atoms with Crippen LogP contribution in [-0.2, 0) is 27.3 Å². The van der Waals surface area contributed by atoms with E-state index in [1.54, 1.807) is 5.56 Å². The highest BCUT2D eigenvalue weighted by Gasteiger charge is 2.50. The molecule has 0 aromatic carbocycles. The SMILES string of the molecule is CCCCC(CC)CC1(CC(CC)CCCC)c2cc(-c3sc(CC)c4c3C(=O)N(C)S4(=O)=O)sc2-c2sc(C(C)(C)CCCC)cc21. The van der Waals surface area contributed by atoms with Gasteiger partial charge in [-0.25, -0.2) is 12.7 Å².